The van der Waals surface area contributed by atoms with Gasteiger partial charge in [0.25, 0.3) is 0 Å². The molecule has 3 rings (SSSR count). The number of hydrogen-bond acceptors (Lipinski definition) is 1. The van der Waals surface area contributed by atoms with Gasteiger partial charge in [0, 0.05) is 12.3 Å². The molecule has 1 aromatic carbocycles. The fourth-order valence-corrected chi connectivity index (χ4v) is 3.48. The van der Waals surface area contributed by atoms with Gasteiger partial charge in [-0.05, 0) is 41.7 Å². The van der Waals surface area contributed by atoms with Gasteiger partial charge < -0.3 is 4.74 Å². The topological polar surface area (TPSA) is 9.23 Å². The maximum atomic E-state index is 13.1. The molecule has 2 aliphatic rings. The third-order valence-corrected chi connectivity index (χ3v) is 4.67. The van der Waals surface area contributed by atoms with E-state index >= 15 is 0 Å². The monoisotopic (exact) mass is 280 g/mol. The van der Waals surface area contributed by atoms with Crippen molar-refractivity contribution < 1.29 is 9.13 Å². The first-order valence-corrected chi connectivity index (χ1v) is 7.43. The highest BCUT2D eigenvalue weighted by Gasteiger charge is 2.39. The zero-order valence-electron chi connectivity index (χ0n) is 10.9. The highest BCUT2D eigenvalue weighted by Crippen LogP contribution is 2.44. The average Bonchev–Trinajstić information content (AvgIpc) is 2.88. The van der Waals surface area contributed by atoms with E-state index in [1.54, 1.807) is 0 Å². The number of alkyl halides is 1. The molecule has 1 aromatic rings. The molecule has 0 atom stereocenters. The summed E-state index contributed by atoms with van der Waals surface area (Å²) in [5.41, 5.74) is 3.51. The first kappa shape index (κ1) is 13.1. The van der Waals surface area contributed by atoms with Crippen molar-refractivity contribution in [2.45, 2.75) is 37.7 Å². The average molecular weight is 281 g/mol. The summed E-state index contributed by atoms with van der Waals surface area (Å²) >= 11 is 6.04. The molecule has 0 saturated heterocycles. The van der Waals surface area contributed by atoms with Crippen molar-refractivity contribution in [1.29, 1.82) is 0 Å². The van der Waals surface area contributed by atoms with E-state index in [-0.39, 0.29) is 11.4 Å². The summed E-state index contributed by atoms with van der Waals surface area (Å²) in [6, 6.07) is 6.74. The molecule has 3 heteroatoms. The van der Waals surface area contributed by atoms with Gasteiger partial charge in [-0.15, -0.1) is 11.6 Å². The Morgan fingerprint density at radius 1 is 1.16 bits per heavy atom. The Morgan fingerprint density at radius 3 is 2.47 bits per heavy atom. The van der Waals surface area contributed by atoms with Crippen LogP contribution in [0.3, 0.4) is 0 Å². The summed E-state index contributed by atoms with van der Waals surface area (Å²) < 4.78 is 19.1. The third kappa shape index (κ3) is 2.56. The van der Waals surface area contributed by atoms with Gasteiger partial charge in [0.2, 0.25) is 0 Å². The second kappa shape index (κ2) is 5.26. The summed E-state index contributed by atoms with van der Waals surface area (Å²) in [6.45, 7) is 0.621. The van der Waals surface area contributed by atoms with Crippen LogP contribution in [0, 0.1) is 5.82 Å². The Kier molecular flexibility index (Phi) is 3.64. The molecule has 1 nitrogen and oxygen atoms in total. The van der Waals surface area contributed by atoms with Gasteiger partial charge in [-0.2, -0.15) is 0 Å². The van der Waals surface area contributed by atoms with Crippen molar-refractivity contribution in [3.05, 3.63) is 41.2 Å². The molecular weight excluding hydrogens is 263 g/mol. The third-order valence-electron chi connectivity index (χ3n) is 4.35. The zero-order valence-corrected chi connectivity index (χ0v) is 11.7. The van der Waals surface area contributed by atoms with E-state index in [0.717, 1.165) is 30.4 Å². The van der Waals surface area contributed by atoms with Crippen LogP contribution < -0.4 is 0 Å². The Balaban J connectivity index is 1.94. The number of benzene rings is 1. The van der Waals surface area contributed by atoms with Crippen LogP contribution in [0.4, 0.5) is 4.39 Å². The Labute approximate surface area is 118 Å². The van der Waals surface area contributed by atoms with Crippen LogP contribution in [0.15, 0.2) is 29.8 Å². The van der Waals surface area contributed by atoms with Crippen molar-refractivity contribution in [3.63, 3.8) is 0 Å². The maximum Gasteiger partial charge on any atom is 0.123 e. The van der Waals surface area contributed by atoms with E-state index in [0.29, 0.717) is 12.5 Å². The lowest BCUT2D eigenvalue weighted by Gasteiger charge is -2.36. The van der Waals surface area contributed by atoms with Gasteiger partial charge in [-0.25, -0.2) is 4.39 Å². The van der Waals surface area contributed by atoms with E-state index in [9.17, 15) is 4.39 Å². The predicted octanol–water partition coefficient (Wildman–Crippen LogP) is 4.55. The number of ether oxygens (including phenoxy) is 1. The summed E-state index contributed by atoms with van der Waals surface area (Å²) in [5.74, 6) is 0.294. The molecule has 0 radical (unpaired) electrons. The standard InChI is InChI=1S/C16H18ClFO/c17-10-13-11-19-16(7-1-2-8-16)9-15(13)12-3-5-14(18)6-4-12/h3-6H,1-2,7-11H2. The van der Waals surface area contributed by atoms with Crippen molar-refractivity contribution in [3.8, 4) is 0 Å². The van der Waals surface area contributed by atoms with Crippen molar-refractivity contribution >= 4 is 17.2 Å². The largest absolute Gasteiger partial charge is 0.370 e. The predicted molar refractivity (Wildman–Crippen MR) is 75.8 cm³/mol. The molecule has 1 aliphatic carbocycles. The van der Waals surface area contributed by atoms with E-state index < -0.39 is 0 Å². The molecule has 102 valence electrons. The maximum absolute atomic E-state index is 13.1. The second-order valence-electron chi connectivity index (χ2n) is 5.58. The highest BCUT2D eigenvalue weighted by atomic mass is 35.5. The molecule has 0 bridgehead atoms. The molecule has 1 aliphatic heterocycles. The van der Waals surface area contributed by atoms with Gasteiger partial charge in [0.05, 0.1) is 12.2 Å². The van der Waals surface area contributed by atoms with Crippen LogP contribution >= 0.6 is 11.6 Å². The van der Waals surface area contributed by atoms with Crippen molar-refractivity contribution in [1.82, 2.24) is 0 Å². The molecule has 0 amide bonds. The van der Waals surface area contributed by atoms with Crippen LogP contribution in [-0.2, 0) is 4.74 Å². The molecule has 1 heterocycles. The Morgan fingerprint density at radius 2 is 1.84 bits per heavy atom. The SMILES string of the molecule is Fc1ccc(C2=C(CCl)COC3(CCCC3)C2)cc1. The summed E-state index contributed by atoms with van der Waals surface area (Å²) in [4.78, 5) is 0. The lowest BCUT2D eigenvalue weighted by molar-refractivity contribution is -0.0317. The molecule has 1 saturated carbocycles. The van der Waals surface area contributed by atoms with E-state index in [4.69, 9.17) is 16.3 Å². The van der Waals surface area contributed by atoms with Crippen molar-refractivity contribution in [2.24, 2.45) is 0 Å². The highest BCUT2D eigenvalue weighted by molar-refractivity contribution is 6.20. The lowest BCUT2D eigenvalue weighted by Crippen LogP contribution is -2.34. The molecule has 1 spiro atoms. The minimum atomic E-state index is -0.195. The molecule has 1 fully saturated rings. The Bertz CT molecular complexity index is 486. The van der Waals surface area contributed by atoms with Gasteiger partial charge in [-0.3, -0.25) is 0 Å². The normalized spacial score (nSPS) is 22.2. The molecule has 0 aromatic heterocycles. The smallest absolute Gasteiger partial charge is 0.123 e. The second-order valence-corrected chi connectivity index (χ2v) is 5.85. The lowest BCUT2D eigenvalue weighted by atomic mass is 9.84. The summed E-state index contributed by atoms with van der Waals surface area (Å²) in [6.07, 6.45) is 5.67. The first-order chi connectivity index (χ1) is 9.22. The summed E-state index contributed by atoms with van der Waals surface area (Å²) in [7, 11) is 0. The fourth-order valence-electron chi connectivity index (χ4n) is 3.24. The molecule has 0 unspecified atom stereocenters. The van der Waals surface area contributed by atoms with Gasteiger partial charge in [0.1, 0.15) is 5.82 Å². The zero-order chi connectivity index (χ0) is 13.3. The Hall–Kier alpha value is -0.860. The van der Waals surface area contributed by atoms with E-state index in [1.165, 1.54) is 30.5 Å². The van der Waals surface area contributed by atoms with E-state index in [1.807, 2.05) is 12.1 Å². The summed E-state index contributed by atoms with van der Waals surface area (Å²) in [5, 5.41) is 0. The molecule has 0 N–H and O–H groups in total. The quantitative estimate of drug-likeness (QED) is 0.722. The van der Waals surface area contributed by atoms with Gasteiger partial charge in [-0.1, -0.05) is 25.0 Å². The van der Waals surface area contributed by atoms with Crippen LogP contribution in [0.2, 0.25) is 0 Å². The minimum Gasteiger partial charge on any atom is -0.370 e. The van der Waals surface area contributed by atoms with Crippen LogP contribution in [0.1, 0.15) is 37.7 Å². The van der Waals surface area contributed by atoms with Crippen LogP contribution in [0.25, 0.3) is 5.57 Å². The number of rotatable bonds is 2. The minimum absolute atomic E-state index is 0.0132. The number of halogens is 2. The van der Waals surface area contributed by atoms with Crippen molar-refractivity contribution in [2.75, 3.05) is 12.5 Å². The van der Waals surface area contributed by atoms with E-state index in [2.05, 4.69) is 0 Å². The van der Waals surface area contributed by atoms with Gasteiger partial charge >= 0.3 is 0 Å². The first-order valence-electron chi connectivity index (χ1n) is 6.89. The number of hydrogen-bond donors (Lipinski definition) is 0. The molecular formula is C16H18ClFO. The fraction of sp³-hybridized carbons (Fsp3) is 0.500. The van der Waals surface area contributed by atoms with Crippen LogP contribution in [-0.4, -0.2) is 18.1 Å². The van der Waals surface area contributed by atoms with Gasteiger partial charge in [0.15, 0.2) is 0 Å². The van der Waals surface area contributed by atoms with Crippen LogP contribution in [0.5, 0.6) is 0 Å². The molecule has 19 heavy (non-hydrogen) atoms.